The van der Waals surface area contributed by atoms with Crippen molar-refractivity contribution in [3.63, 3.8) is 0 Å². The molecule has 4 heteroatoms. The number of rotatable bonds is 0. The van der Waals surface area contributed by atoms with Crippen molar-refractivity contribution < 1.29 is 0 Å². The first-order valence-corrected chi connectivity index (χ1v) is 6.16. The number of aromatic nitrogens is 2. The summed E-state index contributed by atoms with van der Waals surface area (Å²) in [6, 6.07) is 11.7. The molecule has 0 fully saturated rings. The van der Waals surface area contributed by atoms with Crippen LogP contribution in [0.4, 0.5) is 0 Å². The first-order valence-electron chi connectivity index (χ1n) is 6.16. The van der Waals surface area contributed by atoms with Crippen molar-refractivity contribution in [2.75, 3.05) is 0 Å². The molecule has 0 N–H and O–H groups in total. The Morgan fingerprint density at radius 3 is 1.70 bits per heavy atom. The fraction of sp³-hybridized carbons (Fsp3) is 0.125. The number of fused-ring (bicyclic) bond motifs is 3. The second-order valence-electron chi connectivity index (χ2n) is 4.67. The van der Waals surface area contributed by atoms with Gasteiger partial charge >= 0.3 is 0 Å². The van der Waals surface area contributed by atoms with E-state index < -0.39 is 0 Å². The van der Waals surface area contributed by atoms with Crippen molar-refractivity contribution in [3.05, 3.63) is 52.6 Å². The zero-order valence-electron chi connectivity index (χ0n) is 11.1. The van der Waals surface area contributed by atoms with Crippen LogP contribution in [-0.4, -0.2) is 9.97 Å². The lowest BCUT2D eigenvalue weighted by atomic mass is 10.1. The maximum atomic E-state index is 9.19. The third kappa shape index (κ3) is 1.60. The molecule has 4 nitrogen and oxygen atoms in total. The van der Waals surface area contributed by atoms with E-state index in [0.29, 0.717) is 17.0 Å². The van der Waals surface area contributed by atoms with Gasteiger partial charge in [0.15, 0.2) is 0 Å². The van der Waals surface area contributed by atoms with Crippen molar-refractivity contribution in [3.8, 4) is 23.3 Å². The lowest BCUT2D eigenvalue weighted by Gasteiger charge is -2.02. The Balaban J connectivity index is 2.47. The van der Waals surface area contributed by atoms with Gasteiger partial charge in [-0.15, -0.1) is 0 Å². The van der Waals surface area contributed by atoms with Crippen LogP contribution in [0.3, 0.4) is 0 Å². The van der Waals surface area contributed by atoms with Gasteiger partial charge in [0.1, 0.15) is 17.7 Å². The lowest BCUT2D eigenvalue weighted by molar-refractivity contribution is 1.16. The fourth-order valence-corrected chi connectivity index (χ4v) is 2.42. The normalized spacial score (nSPS) is 11.3. The van der Waals surface area contributed by atoms with Gasteiger partial charge in [0.25, 0.3) is 0 Å². The number of hydrogen-bond donors (Lipinski definition) is 0. The maximum absolute atomic E-state index is 9.19. The zero-order valence-corrected chi connectivity index (χ0v) is 11.1. The summed E-state index contributed by atoms with van der Waals surface area (Å²) in [5, 5.41) is 18.4. The molecule has 0 radical (unpaired) electrons. The average Bonchev–Trinajstić information content (AvgIpc) is 2.74. The van der Waals surface area contributed by atoms with E-state index in [1.165, 1.54) is 0 Å². The first kappa shape index (κ1) is 12.1. The fourth-order valence-electron chi connectivity index (χ4n) is 2.42. The smallest absolute Gasteiger partial charge is 0.141 e. The maximum Gasteiger partial charge on any atom is 0.141 e. The summed E-state index contributed by atoms with van der Waals surface area (Å²) in [6.07, 6.45) is 0. The second kappa shape index (κ2) is 4.29. The van der Waals surface area contributed by atoms with Gasteiger partial charge in [0.2, 0.25) is 0 Å². The number of pyridine rings is 2. The Labute approximate surface area is 116 Å². The Hall–Kier alpha value is -2.98. The van der Waals surface area contributed by atoms with Crippen molar-refractivity contribution in [2.24, 2.45) is 0 Å². The summed E-state index contributed by atoms with van der Waals surface area (Å²) >= 11 is 0. The van der Waals surface area contributed by atoms with Gasteiger partial charge in [0.05, 0.1) is 17.0 Å². The van der Waals surface area contributed by atoms with Crippen LogP contribution < -0.4 is 0 Å². The van der Waals surface area contributed by atoms with E-state index in [-0.39, 0.29) is 5.57 Å². The van der Waals surface area contributed by atoms with Crippen LogP contribution in [0.1, 0.15) is 22.8 Å². The van der Waals surface area contributed by atoms with E-state index in [4.69, 9.17) is 0 Å². The van der Waals surface area contributed by atoms with Gasteiger partial charge in [-0.2, -0.15) is 10.5 Å². The Bertz CT molecular complexity index is 778. The molecule has 20 heavy (non-hydrogen) atoms. The largest absolute Gasteiger partial charge is 0.252 e. The number of nitriles is 2. The molecule has 1 aliphatic rings. The van der Waals surface area contributed by atoms with E-state index in [2.05, 4.69) is 9.97 Å². The standard InChI is InChI=1S/C16H10N4/c1-9-3-5-12-13-6-4-10(2)20-16(13)14(15(12)19-9)11(7-17)8-18/h3-6H,1-2H3. The van der Waals surface area contributed by atoms with Gasteiger partial charge in [0, 0.05) is 22.5 Å². The SMILES string of the molecule is Cc1ccc2c(n1)C(=C(C#N)C#N)c1nc(C)ccc1-2. The number of hydrogen-bond acceptors (Lipinski definition) is 4. The molecular weight excluding hydrogens is 248 g/mol. The van der Waals surface area contributed by atoms with E-state index in [9.17, 15) is 10.5 Å². The molecule has 0 unspecified atom stereocenters. The van der Waals surface area contributed by atoms with Crippen LogP contribution in [0.25, 0.3) is 16.7 Å². The Kier molecular flexibility index (Phi) is 2.59. The highest BCUT2D eigenvalue weighted by Crippen LogP contribution is 2.43. The first-order chi connectivity index (χ1) is 9.65. The van der Waals surface area contributed by atoms with Crippen molar-refractivity contribution in [2.45, 2.75) is 13.8 Å². The van der Waals surface area contributed by atoms with Gasteiger partial charge in [-0.3, -0.25) is 9.97 Å². The topological polar surface area (TPSA) is 73.4 Å². The van der Waals surface area contributed by atoms with E-state index >= 15 is 0 Å². The quantitative estimate of drug-likeness (QED) is 0.581. The third-order valence-corrected chi connectivity index (χ3v) is 3.31. The third-order valence-electron chi connectivity index (χ3n) is 3.31. The molecule has 94 valence electrons. The van der Waals surface area contributed by atoms with Crippen LogP contribution >= 0.6 is 0 Å². The van der Waals surface area contributed by atoms with Crippen LogP contribution in [0.15, 0.2) is 29.8 Å². The monoisotopic (exact) mass is 258 g/mol. The van der Waals surface area contributed by atoms with Crippen molar-refractivity contribution in [1.82, 2.24) is 9.97 Å². The van der Waals surface area contributed by atoms with Gasteiger partial charge in [-0.25, -0.2) is 0 Å². The molecule has 2 aromatic rings. The molecule has 0 bridgehead atoms. The minimum atomic E-state index is 0.0567. The molecule has 0 aromatic carbocycles. The minimum Gasteiger partial charge on any atom is -0.252 e. The Morgan fingerprint density at radius 2 is 1.30 bits per heavy atom. The molecule has 3 rings (SSSR count). The molecule has 0 amide bonds. The molecule has 0 saturated carbocycles. The molecule has 2 heterocycles. The van der Waals surface area contributed by atoms with Crippen LogP contribution in [0.2, 0.25) is 0 Å². The predicted octanol–water partition coefficient (Wildman–Crippen LogP) is 2.92. The highest BCUT2D eigenvalue weighted by molar-refractivity contribution is 6.01. The van der Waals surface area contributed by atoms with Crippen LogP contribution in [-0.2, 0) is 0 Å². The van der Waals surface area contributed by atoms with Crippen molar-refractivity contribution in [1.29, 1.82) is 10.5 Å². The second-order valence-corrected chi connectivity index (χ2v) is 4.67. The predicted molar refractivity (Wildman–Crippen MR) is 74.2 cm³/mol. The summed E-state index contributed by atoms with van der Waals surface area (Å²) < 4.78 is 0. The molecule has 0 spiro atoms. The number of allylic oxidation sites excluding steroid dienone is 1. The van der Waals surface area contributed by atoms with E-state index in [1.54, 1.807) is 0 Å². The summed E-state index contributed by atoms with van der Waals surface area (Å²) in [5.74, 6) is 0. The summed E-state index contributed by atoms with van der Waals surface area (Å²) in [6.45, 7) is 3.77. The Morgan fingerprint density at radius 1 is 0.850 bits per heavy atom. The number of nitrogens with zero attached hydrogens (tertiary/aromatic N) is 4. The molecule has 1 aliphatic carbocycles. The van der Waals surface area contributed by atoms with Crippen LogP contribution in [0.5, 0.6) is 0 Å². The summed E-state index contributed by atoms with van der Waals surface area (Å²) in [7, 11) is 0. The molecular formula is C16H10N4. The minimum absolute atomic E-state index is 0.0567. The van der Waals surface area contributed by atoms with E-state index in [1.807, 2.05) is 50.3 Å². The summed E-state index contributed by atoms with van der Waals surface area (Å²) in [4.78, 5) is 8.99. The summed E-state index contributed by atoms with van der Waals surface area (Å²) in [5.41, 5.74) is 5.51. The molecule has 2 aromatic heterocycles. The number of aryl methyl sites for hydroxylation is 2. The van der Waals surface area contributed by atoms with Crippen LogP contribution in [0, 0.1) is 36.5 Å². The molecule has 0 atom stereocenters. The van der Waals surface area contributed by atoms with Gasteiger partial charge < -0.3 is 0 Å². The van der Waals surface area contributed by atoms with Gasteiger partial charge in [-0.1, -0.05) is 12.1 Å². The molecule has 0 aliphatic heterocycles. The highest BCUT2D eigenvalue weighted by atomic mass is 14.8. The average molecular weight is 258 g/mol. The van der Waals surface area contributed by atoms with E-state index in [0.717, 1.165) is 22.5 Å². The van der Waals surface area contributed by atoms with Gasteiger partial charge in [-0.05, 0) is 26.0 Å². The highest BCUT2D eigenvalue weighted by Gasteiger charge is 2.29. The molecule has 0 saturated heterocycles. The van der Waals surface area contributed by atoms with Crippen molar-refractivity contribution >= 4 is 5.57 Å². The lowest BCUT2D eigenvalue weighted by Crippen LogP contribution is -1.94. The zero-order chi connectivity index (χ0) is 14.3.